The highest BCUT2D eigenvalue weighted by atomic mass is 16.6. The van der Waals surface area contributed by atoms with Crippen molar-refractivity contribution in [2.45, 2.75) is 374 Å². The second kappa shape index (κ2) is 65.9. The van der Waals surface area contributed by atoms with Gasteiger partial charge in [0.25, 0.3) is 0 Å². The standard InChI is InChI=1S/C71H130O6/c1-4-7-10-13-16-19-22-25-27-29-31-33-35-36-38-39-41-43-46-49-52-55-58-61-64-70(73)76-67-68(66-75-69(72)63-60-57-54-51-48-45-24-21-18-15-12-9-6-3)77-71(74)65-62-59-56-53-50-47-44-42-40-37-34-32-30-28-26-23-20-17-14-11-8-5-2/h9,12,18,21,45,48,54,57,68H,4-8,10-11,13-17,19-20,22-44,46-47,49-53,55-56,58-67H2,1-3H3/b12-9-,21-18-,48-45-,57-54-. The third-order valence-corrected chi connectivity index (χ3v) is 15.4. The van der Waals surface area contributed by atoms with E-state index in [-0.39, 0.29) is 37.5 Å². The Hall–Kier alpha value is -2.63. The molecule has 1 atom stereocenters. The number of allylic oxidation sites excluding steroid dienone is 8. The number of rotatable bonds is 63. The van der Waals surface area contributed by atoms with Crippen LogP contribution >= 0.6 is 0 Å². The lowest BCUT2D eigenvalue weighted by molar-refractivity contribution is -0.166. The van der Waals surface area contributed by atoms with Gasteiger partial charge in [0.15, 0.2) is 6.10 Å². The minimum absolute atomic E-state index is 0.0898. The topological polar surface area (TPSA) is 78.9 Å². The van der Waals surface area contributed by atoms with E-state index in [9.17, 15) is 14.4 Å². The molecular formula is C71H130O6. The fourth-order valence-electron chi connectivity index (χ4n) is 10.3. The quantitative estimate of drug-likeness (QED) is 0.0261. The van der Waals surface area contributed by atoms with Crippen LogP contribution in [0.3, 0.4) is 0 Å². The average Bonchev–Trinajstić information content (AvgIpc) is 3.43. The van der Waals surface area contributed by atoms with Gasteiger partial charge in [-0.25, -0.2) is 0 Å². The number of carbonyl (C=O) groups is 3. The van der Waals surface area contributed by atoms with E-state index in [1.165, 1.54) is 257 Å². The van der Waals surface area contributed by atoms with Gasteiger partial charge in [-0.1, -0.05) is 352 Å². The molecule has 0 aliphatic carbocycles. The van der Waals surface area contributed by atoms with Crippen LogP contribution in [0.15, 0.2) is 48.6 Å². The first-order valence-electron chi connectivity index (χ1n) is 34.1. The summed E-state index contributed by atoms with van der Waals surface area (Å²) in [5.41, 5.74) is 0. The number of esters is 3. The van der Waals surface area contributed by atoms with Crippen LogP contribution in [0, 0.1) is 0 Å². The van der Waals surface area contributed by atoms with Crippen LogP contribution in [0.25, 0.3) is 0 Å². The molecule has 0 spiro atoms. The SMILES string of the molecule is CC/C=C\C/C=C\C/C=C\C/C=C\CCC(=O)OCC(COC(=O)CCCCCCCCCCCCCCCCCCCCCCCCCC)OC(=O)CCCCCCCCCCCCCCCCCCCCCCCC. The lowest BCUT2D eigenvalue weighted by Crippen LogP contribution is -2.30. The van der Waals surface area contributed by atoms with Gasteiger partial charge in [-0.15, -0.1) is 0 Å². The first-order valence-corrected chi connectivity index (χ1v) is 34.1. The van der Waals surface area contributed by atoms with Gasteiger partial charge in [0.2, 0.25) is 0 Å². The van der Waals surface area contributed by atoms with Crippen LogP contribution in [-0.4, -0.2) is 37.2 Å². The lowest BCUT2D eigenvalue weighted by atomic mass is 10.0. The summed E-state index contributed by atoms with van der Waals surface area (Å²) in [4.78, 5) is 38.3. The van der Waals surface area contributed by atoms with Gasteiger partial charge in [0.05, 0.1) is 0 Å². The minimum Gasteiger partial charge on any atom is -0.462 e. The Morgan fingerprint density at radius 2 is 0.506 bits per heavy atom. The zero-order valence-corrected chi connectivity index (χ0v) is 51.7. The predicted octanol–water partition coefficient (Wildman–Crippen LogP) is 23.3. The smallest absolute Gasteiger partial charge is 0.306 e. The third-order valence-electron chi connectivity index (χ3n) is 15.4. The Balaban J connectivity index is 4.26. The maximum Gasteiger partial charge on any atom is 0.306 e. The summed E-state index contributed by atoms with van der Waals surface area (Å²) >= 11 is 0. The minimum atomic E-state index is -0.799. The van der Waals surface area contributed by atoms with E-state index in [4.69, 9.17) is 14.2 Å². The molecule has 0 fully saturated rings. The van der Waals surface area contributed by atoms with Gasteiger partial charge in [0.1, 0.15) is 13.2 Å². The van der Waals surface area contributed by atoms with Crippen molar-refractivity contribution >= 4 is 17.9 Å². The van der Waals surface area contributed by atoms with Crippen molar-refractivity contribution in [2.24, 2.45) is 0 Å². The van der Waals surface area contributed by atoms with Crippen LogP contribution in [0.1, 0.15) is 367 Å². The highest BCUT2D eigenvalue weighted by Crippen LogP contribution is 2.19. The van der Waals surface area contributed by atoms with Gasteiger partial charge in [-0.05, 0) is 44.9 Å². The molecule has 0 heterocycles. The first-order chi connectivity index (χ1) is 38.0. The van der Waals surface area contributed by atoms with E-state index in [1.54, 1.807) is 0 Å². The van der Waals surface area contributed by atoms with Crippen molar-refractivity contribution in [1.82, 2.24) is 0 Å². The summed E-state index contributed by atoms with van der Waals surface area (Å²) in [5.74, 6) is -0.949. The largest absolute Gasteiger partial charge is 0.462 e. The fraction of sp³-hybridized carbons (Fsp3) is 0.845. The van der Waals surface area contributed by atoms with Gasteiger partial charge < -0.3 is 14.2 Å². The van der Waals surface area contributed by atoms with Crippen LogP contribution < -0.4 is 0 Å². The second-order valence-electron chi connectivity index (χ2n) is 23.1. The molecule has 0 aromatic carbocycles. The summed E-state index contributed by atoms with van der Waals surface area (Å²) in [6.07, 6.45) is 83.1. The predicted molar refractivity (Wildman–Crippen MR) is 335 cm³/mol. The molecule has 450 valence electrons. The third kappa shape index (κ3) is 64.1. The molecule has 0 aromatic rings. The van der Waals surface area contributed by atoms with E-state index in [0.717, 1.165) is 64.2 Å². The monoisotopic (exact) mass is 1080 g/mol. The molecule has 0 saturated heterocycles. The maximum absolute atomic E-state index is 12.9. The van der Waals surface area contributed by atoms with Gasteiger partial charge in [0, 0.05) is 19.3 Å². The van der Waals surface area contributed by atoms with Crippen molar-refractivity contribution in [3.63, 3.8) is 0 Å². The average molecular weight is 1080 g/mol. The molecule has 0 radical (unpaired) electrons. The Labute approximate surface area is 479 Å². The van der Waals surface area contributed by atoms with Crippen LogP contribution in [0.2, 0.25) is 0 Å². The molecule has 0 rings (SSSR count). The molecule has 6 nitrogen and oxygen atoms in total. The van der Waals surface area contributed by atoms with Crippen molar-refractivity contribution in [2.75, 3.05) is 13.2 Å². The summed E-state index contributed by atoms with van der Waals surface area (Å²) in [5, 5.41) is 0. The molecule has 0 amide bonds. The zero-order valence-electron chi connectivity index (χ0n) is 51.7. The molecule has 0 N–H and O–H groups in total. The van der Waals surface area contributed by atoms with Crippen molar-refractivity contribution < 1.29 is 28.6 Å². The number of hydrogen-bond donors (Lipinski definition) is 0. The number of ether oxygens (including phenoxy) is 3. The van der Waals surface area contributed by atoms with Crippen molar-refractivity contribution in [1.29, 1.82) is 0 Å². The van der Waals surface area contributed by atoms with Crippen molar-refractivity contribution in [3.05, 3.63) is 48.6 Å². The zero-order chi connectivity index (χ0) is 55.7. The van der Waals surface area contributed by atoms with E-state index in [0.29, 0.717) is 19.3 Å². The molecular weight excluding hydrogens is 949 g/mol. The molecule has 0 bridgehead atoms. The second-order valence-corrected chi connectivity index (χ2v) is 23.1. The molecule has 6 heteroatoms. The number of unbranched alkanes of at least 4 members (excludes halogenated alkanes) is 44. The van der Waals surface area contributed by atoms with E-state index < -0.39 is 6.10 Å². The molecule has 0 aliphatic rings. The summed E-state index contributed by atoms with van der Waals surface area (Å²) < 4.78 is 16.9. The van der Waals surface area contributed by atoms with Gasteiger partial charge >= 0.3 is 17.9 Å². The summed E-state index contributed by atoms with van der Waals surface area (Å²) in [7, 11) is 0. The van der Waals surface area contributed by atoms with Gasteiger partial charge in [-0.3, -0.25) is 14.4 Å². The Bertz CT molecular complexity index is 1330. The molecule has 0 saturated carbocycles. The number of hydrogen-bond acceptors (Lipinski definition) is 6. The lowest BCUT2D eigenvalue weighted by Gasteiger charge is -2.18. The molecule has 1 unspecified atom stereocenters. The Morgan fingerprint density at radius 1 is 0.273 bits per heavy atom. The van der Waals surface area contributed by atoms with Crippen LogP contribution in [0.5, 0.6) is 0 Å². The number of carbonyl (C=O) groups excluding carboxylic acids is 3. The van der Waals surface area contributed by atoms with Crippen LogP contribution in [0.4, 0.5) is 0 Å². The van der Waals surface area contributed by atoms with E-state index >= 15 is 0 Å². The fourth-order valence-corrected chi connectivity index (χ4v) is 10.3. The highest BCUT2D eigenvalue weighted by Gasteiger charge is 2.19. The Kier molecular flexibility index (Phi) is 63.6. The van der Waals surface area contributed by atoms with Gasteiger partial charge in [-0.2, -0.15) is 0 Å². The molecule has 77 heavy (non-hydrogen) atoms. The summed E-state index contributed by atoms with van der Waals surface area (Å²) in [6, 6.07) is 0. The molecule has 0 aromatic heterocycles. The molecule has 0 aliphatic heterocycles. The highest BCUT2D eigenvalue weighted by molar-refractivity contribution is 5.71. The van der Waals surface area contributed by atoms with Crippen molar-refractivity contribution in [3.8, 4) is 0 Å². The normalized spacial score (nSPS) is 12.3. The maximum atomic E-state index is 12.9. The van der Waals surface area contributed by atoms with Crippen LogP contribution in [-0.2, 0) is 28.6 Å². The summed E-state index contributed by atoms with van der Waals surface area (Å²) in [6.45, 7) is 6.53. The first kappa shape index (κ1) is 74.4. The van der Waals surface area contributed by atoms with E-state index in [1.807, 2.05) is 6.08 Å². The Morgan fingerprint density at radius 3 is 0.792 bits per heavy atom. The van der Waals surface area contributed by atoms with E-state index in [2.05, 4.69) is 63.3 Å².